The summed E-state index contributed by atoms with van der Waals surface area (Å²) in [4.78, 5) is 32.4. The van der Waals surface area contributed by atoms with Crippen LogP contribution in [-0.2, 0) is 11.2 Å². The molecule has 0 aliphatic heterocycles. The molecule has 0 bridgehead atoms. The van der Waals surface area contributed by atoms with Gasteiger partial charge in [0.25, 0.3) is 5.91 Å². The van der Waals surface area contributed by atoms with Crippen molar-refractivity contribution < 1.29 is 14.0 Å². The van der Waals surface area contributed by atoms with Crippen LogP contribution in [0.1, 0.15) is 56.8 Å². The van der Waals surface area contributed by atoms with Gasteiger partial charge in [0.2, 0.25) is 5.91 Å². The van der Waals surface area contributed by atoms with E-state index in [1.807, 2.05) is 25.1 Å². The monoisotopic (exact) mass is 451 g/mol. The Morgan fingerprint density at radius 1 is 1.19 bits per heavy atom. The highest BCUT2D eigenvalue weighted by Crippen LogP contribution is 2.43. The van der Waals surface area contributed by atoms with Crippen LogP contribution >= 0.6 is 11.6 Å². The third kappa shape index (κ3) is 3.98. The van der Waals surface area contributed by atoms with Crippen LogP contribution in [0.4, 0.5) is 4.39 Å². The minimum absolute atomic E-state index is 0.240. The summed E-state index contributed by atoms with van der Waals surface area (Å²) in [7, 11) is 0. The topological polar surface area (TPSA) is 76.3 Å². The summed E-state index contributed by atoms with van der Waals surface area (Å²) < 4.78 is 14.6. The molecule has 0 saturated carbocycles. The minimum Gasteiger partial charge on any atom is -0.368 e. The zero-order valence-electron chi connectivity index (χ0n) is 17.8. The molecule has 1 aromatic heterocycles. The van der Waals surface area contributed by atoms with Crippen molar-refractivity contribution in [2.45, 2.75) is 38.8 Å². The van der Waals surface area contributed by atoms with E-state index in [1.54, 1.807) is 37.4 Å². The van der Waals surface area contributed by atoms with Crippen molar-refractivity contribution in [3.05, 3.63) is 99.1 Å². The number of fused-ring (bicyclic) bond motifs is 1. The summed E-state index contributed by atoms with van der Waals surface area (Å²) in [6.45, 7) is 3.63. The summed E-state index contributed by atoms with van der Waals surface area (Å²) in [5.41, 5.74) is 9.41. The van der Waals surface area contributed by atoms with Gasteiger partial charge in [-0.25, -0.2) is 4.39 Å². The molecule has 164 valence electrons. The lowest BCUT2D eigenvalue weighted by Gasteiger charge is -2.36. The lowest BCUT2D eigenvalue weighted by Crippen LogP contribution is -2.43. The number of benzene rings is 2. The highest BCUT2D eigenvalue weighted by molar-refractivity contribution is 6.30. The van der Waals surface area contributed by atoms with Crippen molar-refractivity contribution in [3.63, 3.8) is 0 Å². The molecule has 1 heterocycles. The van der Waals surface area contributed by atoms with Gasteiger partial charge in [0.1, 0.15) is 11.9 Å². The van der Waals surface area contributed by atoms with E-state index in [0.29, 0.717) is 40.8 Å². The van der Waals surface area contributed by atoms with Gasteiger partial charge in [-0.1, -0.05) is 41.4 Å². The molecule has 0 radical (unpaired) electrons. The number of aryl methyl sites for hydroxylation is 2. The Balaban J connectivity index is 1.91. The van der Waals surface area contributed by atoms with Crippen molar-refractivity contribution in [1.29, 1.82) is 0 Å². The average Bonchev–Trinajstić information content (AvgIpc) is 3.15. The number of carbonyl (C=O) groups is 2. The number of hydrogen-bond donors (Lipinski definition) is 1. The fourth-order valence-electron chi connectivity index (χ4n) is 4.50. The molecule has 2 amide bonds. The first-order valence-corrected chi connectivity index (χ1v) is 10.7. The molecule has 32 heavy (non-hydrogen) atoms. The van der Waals surface area contributed by atoms with Crippen molar-refractivity contribution in [1.82, 2.24) is 9.88 Å². The Bertz CT molecular complexity index is 1210. The van der Waals surface area contributed by atoms with Gasteiger partial charge in [-0.3, -0.25) is 14.6 Å². The van der Waals surface area contributed by atoms with Crippen LogP contribution in [0.15, 0.2) is 54.7 Å². The zero-order chi connectivity index (χ0) is 23.0. The van der Waals surface area contributed by atoms with Crippen LogP contribution in [0.25, 0.3) is 0 Å². The number of amides is 2. The fourth-order valence-corrected chi connectivity index (χ4v) is 4.71. The van der Waals surface area contributed by atoms with E-state index in [0.717, 1.165) is 5.56 Å². The molecule has 0 spiro atoms. The second-order valence-corrected chi connectivity index (χ2v) is 8.51. The van der Waals surface area contributed by atoms with E-state index >= 15 is 0 Å². The summed E-state index contributed by atoms with van der Waals surface area (Å²) in [5.74, 6) is -1.47. The number of aromatic nitrogens is 1. The molecule has 1 aliphatic rings. The molecule has 2 N–H and O–H groups in total. The van der Waals surface area contributed by atoms with Gasteiger partial charge in [-0.15, -0.1) is 0 Å². The van der Waals surface area contributed by atoms with E-state index in [-0.39, 0.29) is 10.9 Å². The molecule has 2 atom stereocenters. The number of rotatable bonds is 5. The van der Waals surface area contributed by atoms with Gasteiger partial charge in [0.15, 0.2) is 0 Å². The van der Waals surface area contributed by atoms with Crippen LogP contribution in [0, 0.1) is 19.7 Å². The van der Waals surface area contributed by atoms with E-state index in [9.17, 15) is 14.0 Å². The van der Waals surface area contributed by atoms with Gasteiger partial charge in [-0.2, -0.15) is 0 Å². The van der Waals surface area contributed by atoms with Crippen LogP contribution < -0.4 is 5.73 Å². The smallest absolute Gasteiger partial charge is 0.257 e. The van der Waals surface area contributed by atoms with E-state index < -0.39 is 23.8 Å². The number of primary amides is 1. The fraction of sp³-hybridized carbons (Fsp3) is 0.240. The number of hydrogen-bond acceptors (Lipinski definition) is 3. The quantitative estimate of drug-likeness (QED) is 0.602. The third-order valence-electron chi connectivity index (χ3n) is 5.93. The van der Waals surface area contributed by atoms with Crippen LogP contribution in [-0.4, -0.2) is 21.7 Å². The molecular weight excluding hydrogens is 429 g/mol. The van der Waals surface area contributed by atoms with E-state index in [4.69, 9.17) is 17.3 Å². The van der Waals surface area contributed by atoms with Gasteiger partial charge in [-0.05, 0) is 67.6 Å². The third-order valence-corrected chi connectivity index (χ3v) is 6.15. The highest BCUT2D eigenvalue weighted by Gasteiger charge is 2.40. The number of halogens is 2. The first-order chi connectivity index (χ1) is 15.3. The van der Waals surface area contributed by atoms with Crippen LogP contribution in [0.2, 0.25) is 5.02 Å². The predicted molar refractivity (Wildman–Crippen MR) is 121 cm³/mol. The maximum Gasteiger partial charge on any atom is 0.257 e. The molecular formula is C25H23ClFN3O2. The van der Waals surface area contributed by atoms with Gasteiger partial charge >= 0.3 is 0 Å². The van der Waals surface area contributed by atoms with Gasteiger partial charge in [0, 0.05) is 16.9 Å². The molecule has 0 unspecified atom stereocenters. The molecule has 2 aromatic carbocycles. The first-order valence-electron chi connectivity index (χ1n) is 10.4. The molecule has 1 aliphatic carbocycles. The second kappa shape index (κ2) is 8.71. The summed E-state index contributed by atoms with van der Waals surface area (Å²) in [6.07, 6.45) is 2.48. The summed E-state index contributed by atoms with van der Waals surface area (Å²) >= 11 is 6.16. The number of nitrogens with zero attached hydrogens (tertiary/aromatic N) is 2. The highest BCUT2D eigenvalue weighted by atomic mass is 35.5. The van der Waals surface area contributed by atoms with Crippen LogP contribution in [0.5, 0.6) is 0 Å². The van der Waals surface area contributed by atoms with Crippen molar-refractivity contribution in [2.24, 2.45) is 5.73 Å². The van der Waals surface area contributed by atoms with Crippen molar-refractivity contribution in [2.75, 3.05) is 0 Å². The maximum atomic E-state index is 14.6. The Morgan fingerprint density at radius 2 is 1.97 bits per heavy atom. The van der Waals surface area contributed by atoms with E-state index in [2.05, 4.69) is 4.98 Å². The standard InChI is InChI=1S/C25H23ClFN3O2/c1-14-5-3-6-16(11-14)23(24(28)31)30(25(32)18-7-4-10-29-15(18)2)22-9-8-19-20(22)12-17(26)13-21(19)27/h3-7,10-13,22-23H,8-9H2,1-2H3,(H2,28,31)/t22-,23-/m1/s1. The zero-order valence-corrected chi connectivity index (χ0v) is 18.6. The molecule has 0 saturated heterocycles. The first kappa shape index (κ1) is 22.0. The van der Waals surface area contributed by atoms with Crippen molar-refractivity contribution in [3.8, 4) is 0 Å². The van der Waals surface area contributed by atoms with Gasteiger partial charge in [0.05, 0.1) is 11.6 Å². The number of nitrogens with two attached hydrogens (primary N) is 1. The normalized spacial score (nSPS) is 15.8. The molecule has 3 aromatic rings. The average molecular weight is 452 g/mol. The van der Waals surface area contributed by atoms with Crippen LogP contribution in [0.3, 0.4) is 0 Å². The second-order valence-electron chi connectivity index (χ2n) is 8.08. The largest absolute Gasteiger partial charge is 0.368 e. The Kier molecular flexibility index (Phi) is 5.98. The molecule has 4 rings (SSSR count). The Hall–Kier alpha value is -3.25. The Morgan fingerprint density at radius 3 is 2.66 bits per heavy atom. The predicted octanol–water partition coefficient (Wildman–Crippen LogP) is 4.85. The lowest BCUT2D eigenvalue weighted by molar-refractivity contribution is -0.123. The lowest BCUT2D eigenvalue weighted by atomic mass is 9.96. The minimum atomic E-state index is -1.04. The summed E-state index contributed by atoms with van der Waals surface area (Å²) in [5, 5.41) is 0.240. The molecule has 5 nitrogen and oxygen atoms in total. The van der Waals surface area contributed by atoms with E-state index in [1.165, 1.54) is 11.0 Å². The Labute approximate surface area is 191 Å². The van der Waals surface area contributed by atoms with Gasteiger partial charge < -0.3 is 10.6 Å². The maximum absolute atomic E-state index is 14.6. The summed E-state index contributed by atoms with van der Waals surface area (Å²) in [6, 6.07) is 12.0. The SMILES string of the molecule is Cc1cccc([C@H](C(N)=O)N(C(=O)c2cccnc2C)[C@@H]2CCc3c(F)cc(Cl)cc32)c1. The molecule has 7 heteroatoms. The number of carbonyl (C=O) groups excluding carboxylic acids is 2. The number of pyridine rings is 1. The molecule has 0 fully saturated rings. The van der Waals surface area contributed by atoms with Crippen molar-refractivity contribution >= 4 is 23.4 Å².